The fourth-order valence-corrected chi connectivity index (χ4v) is 2.63. The minimum atomic E-state index is -4.69. The normalized spacial score (nSPS) is 18.3. The standard InChI is InChI=1S/C16H14F3NO3/c1-2-10-6-7-11(9-12(10)16(17,18)19)14(21)20-8-4-3-5-13(20)15(22)23/h1,6-7,9,13H,3-5,8H2,(H,22,23). The predicted octanol–water partition coefficient (Wildman–Crippen LogP) is 2.77. The molecule has 1 fully saturated rings. The van der Waals surface area contributed by atoms with Crippen LogP contribution in [-0.2, 0) is 11.0 Å². The van der Waals surface area contributed by atoms with E-state index in [0.717, 1.165) is 11.0 Å². The van der Waals surface area contributed by atoms with Gasteiger partial charge in [-0.1, -0.05) is 5.92 Å². The molecule has 1 aromatic rings. The Balaban J connectivity index is 2.40. The second kappa shape index (κ2) is 6.32. The summed E-state index contributed by atoms with van der Waals surface area (Å²) in [7, 11) is 0. The number of amides is 1. The van der Waals surface area contributed by atoms with Gasteiger partial charge in [0.05, 0.1) is 5.56 Å². The molecule has 1 aromatic carbocycles. The van der Waals surface area contributed by atoms with Crippen LogP contribution in [0.5, 0.6) is 0 Å². The highest BCUT2D eigenvalue weighted by atomic mass is 19.4. The molecule has 0 saturated carbocycles. The summed E-state index contributed by atoms with van der Waals surface area (Å²) in [6, 6.07) is 1.92. The minimum absolute atomic E-state index is 0.202. The summed E-state index contributed by atoms with van der Waals surface area (Å²) in [4.78, 5) is 24.8. The largest absolute Gasteiger partial charge is 0.480 e. The Hall–Kier alpha value is -2.49. The van der Waals surface area contributed by atoms with Crippen LogP contribution in [0.3, 0.4) is 0 Å². The van der Waals surface area contributed by atoms with Crippen molar-refractivity contribution in [2.45, 2.75) is 31.5 Å². The van der Waals surface area contributed by atoms with Crippen molar-refractivity contribution in [2.75, 3.05) is 6.54 Å². The number of carboxylic acid groups (broad SMARTS) is 1. The quantitative estimate of drug-likeness (QED) is 0.851. The molecule has 1 heterocycles. The van der Waals surface area contributed by atoms with E-state index in [4.69, 9.17) is 6.42 Å². The molecular formula is C16H14F3NO3. The van der Waals surface area contributed by atoms with Gasteiger partial charge in [0.2, 0.25) is 0 Å². The zero-order valence-corrected chi connectivity index (χ0v) is 12.1. The lowest BCUT2D eigenvalue weighted by Gasteiger charge is -2.33. The monoisotopic (exact) mass is 325 g/mol. The highest BCUT2D eigenvalue weighted by Gasteiger charge is 2.36. The molecule has 23 heavy (non-hydrogen) atoms. The van der Waals surface area contributed by atoms with Gasteiger partial charge in [0.15, 0.2) is 0 Å². The van der Waals surface area contributed by atoms with Crippen LogP contribution in [0.25, 0.3) is 0 Å². The second-order valence-corrected chi connectivity index (χ2v) is 5.25. The van der Waals surface area contributed by atoms with E-state index in [-0.39, 0.29) is 24.1 Å². The van der Waals surface area contributed by atoms with E-state index in [1.165, 1.54) is 6.07 Å². The molecule has 1 atom stereocenters. The Bertz CT molecular complexity index is 676. The summed E-state index contributed by atoms with van der Waals surface area (Å²) in [6.45, 7) is 0.202. The molecule has 2 rings (SSSR count). The number of benzene rings is 1. The van der Waals surface area contributed by atoms with Crippen molar-refractivity contribution >= 4 is 11.9 Å². The smallest absolute Gasteiger partial charge is 0.417 e. The van der Waals surface area contributed by atoms with Gasteiger partial charge in [-0.2, -0.15) is 13.2 Å². The predicted molar refractivity (Wildman–Crippen MR) is 75.7 cm³/mol. The van der Waals surface area contributed by atoms with Crippen LogP contribution in [0.1, 0.15) is 40.7 Å². The summed E-state index contributed by atoms with van der Waals surface area (Å²) in [5.74, 6) is 0.0474. The van der Waals surface area contributed by atoms with Crippen LogP contribution < -0.4 is 0 Å². The maximum atomic E-state index is 13.0. The van der Waals surface area contributed by atoms with Gasteiger partial charge in [0.25, 0.3) is 5.91 Å². The molecule has 122 valence electrons. The number of likely N-dealkylation sites (tertiary alicyclic amines) is 1. The second-order valence-electron chi connectivity index (χ2n) is 5.25. The van der Waals surface area contributed by atoms with Gasteiger partial charge in [-0.05, 0) is 37.5 Å². The number of carbonyl (C=O) groups is 2. The molecule has 0 aromatic heterocycles. The Labute approximate surface area is 130 Å². The summed E-state index contributed by atoms with van der Waals surface area (Å²) in [5.41, 5.74) is -1.65. The summed E-state index contributed by atoms with van der Waals surface area (Å²) < 4.78 is 39.0. The van der Waals surface area contributed by atoms with Gasteiger partial charge in [-0.3, -0.25) is 4.79 Å². The van der Waals surface area contributed by atoms with Crippen molar-refractivity contribution in [3.8, 4) is 12.3 Å². The topological polar surface area (TPSA) is 57.6 Å². The lowest BCUT2D eigenvalue weighted by Crippen LogP contribution is -2.48. The van der Waals surface area contributed by atoms with Crippen molar-refractivity contribution in [2.24, 2.45) is 0 Å². The Morgan fingerprint density at radius 1 is 1.30 bits per heavy atom. The van der Waals surface area contributed by atoms with Gasteiger partial charge in [-0.15, -0.1) is 6.42 Å². The van der Waals surface area contributed by atoms with Gasteiger partial charge < -0.3 is 10.0 Å². The first-order chi connectivity index (χ1) is 10.8. The molecular weight excluding hydrogens is 311 g/mol. The number of hydrogen-bond donors (Lipinski definition) is 1. The third-order valence-corrected chi connectivity index (χ3v) is 3.78. The van der Waals surface area contributed by atoms with Crippen LogP contribution in [0.15, 0.2) is 18.2 Å². The van der Waals surface area contributed by atoms with Gasteiger partial charge >= 0.3 is 12.1 Å². The van der Waals surface area contributed by atoms with Crippen molar-refractivity contribution in [3.05, 3.63) is 34.9 Å². The van der Waals surface area contributed by atoms with Crippen LogP contribution in [-0.4, -0.2) is 34.5 Å². The van der Waals surface area contributed by atoms with Crippen molar-refractivity contribution in [1.82, 2.24) is 4.90 Å². The van der Waals surface area contributed by atoms with Gasteiger partial charge in [0.1, 0.15) is 6.04 Å². The maximum absolute atomic E-state index is 13.0. The number of halogens is 3. The SMILES string of the molecule is C#Cc1ccc(C(=O)N2CCCCC2C(=O)O)cc1C(F)(F)F. The van der Waals surface area contributed by atoms with E-state index in [9.17, 15) is 27.9 Å². The third kappa shape index (κ3) is 3.47. The molecule has 4 nitrogen and oxygen atoms in total. The Kier molecular flexibility index (Phi) is 4.64. The zero-order valence-electron chi connectivity index (χ0n) is 12.1. The van der Waals surface area contributed by atoms with E-state index in [0.29, 0.717) is 18.9 Å². The van der Waals surface area contributed by atoms with E-state index < -0.39 is 29.7 Å². The Morgan fingerprint density at radius 3 is 2.57 bits per heavy atom. The van der Waals surface area contributed by atoms with E-state index in [1.54, 1.807) is 0 Å². The van der Waals surface area contributed by atoms with Crippen LogP contribution in [0, 0.1) is 12.3 Å². The summed E-state index contributed by atoms with van der Waals surface area (Å²) >= 11 is 0. The maximum Gasteiger partial charge on any atom is 0.417 e. The number of piperidine rings is 1. The molecule has 0 radical (unpaired) electrons. The molecule has 1 N–H and O–H groups in total. The zero-order chi connectivity index (χ0) is 17.2. The molecule has 0 bridgehead atoms. The molecule has 0 spiro atoms. The van der Waals surface area contributed by atoms with Crippen molar-refractivity contribution in [1.29, 1.82) is 0 Å². The first-order valence-corrected chi connectivity index (χ1v) is 6.97. The molecule has 1 amide bonds. The number of carboxylic acids is 1. The van der Waals surface area contributed by atoms with Gasteiger partial charge in [0, 0.05) is 17.7 Å². The number of nitrogens with zero attached hydrogens (tertiary/aromatic N) is 1. The van der Waals surface area contributed by atoms with Crippen molar-refractivity contribution < 1.29 is 27.9 Å². The average Bonchev–Trinajstić information content (AvgIpc) is 2.52. The first kappa shape index (κ1) is 16.9. The number of terminal acetylenes is 1. The molecule has 1 unspecified atom stereocenters. The molecule has 1 saturated heterocycles. The molecule has 1 aliphatic rings. The number of carbonyl (C=O) groups excluding carboxylic acids is 1. The number of hydrogen-bond acceptors (Lipinski definition) is 2. The molecule has 7 heteroatoms. The number of alkyl halides is 3. The van der Waals surface area contributed by atoms with Crippen LogP contribution >= 0.6 is 0 Å². The average molecular weight is 325 g/mol. The third-order valence-electron chi connectivity index (χ3n) is 3.78. The first-order valence-electron chi connectivity index (χ1n) is 6.97. The molecule has 1 aliphatic heterocycles. The van der Waals surface area contributed by atoms with E-state index in [1.807, 2.05) is 5.92 Å². The lowest BCUT2D eigenvalue weighted by atomic mass is 9.99. The lowest BCUT2D eigenvalue weighted by molar-refractivity contribution is -0.143. The fraction of sp³-hybridized carbons (Fsp3) is 0.375. The highest BCUT2D eigenvalue weighted by Crippen LogP contribution is 2.33. The molecule has 0 aliphatic carbocycles. The minimum Gasteiger partial charge on any atom is -0.480 e. The van der Waals surface area contributed by atoms with Crippen molar-refractivity contribution in [3.63, 3.8) is 0 Å². The highest BCUT2D eigenvalue weighted by molar-refractivity contribution is 5.97. The van der Waals surface area contributed by atoms with Crippen LogP contribution in [0.4, 0.5) is 13.2 Å². The number of rotatable bonds is 2. The van der Waals surface area contributed by atoms with Gasteiger partial charge in [-0.25, -0.2) is 4.79 Å². The van der Waals surface area contributed by atoms with E-state index in [2.05, 4.69) is 0 Å². The summed E-state index contributed by atoms with van der Waals surface area (Å²) in [6.07, 6.45) is 1.93. The fourth-order valence-electron chi connectivity index (χ4n) is 2.63. The summed E-state index contributed by atoms with van der Waals surface area (Å²) in [5, 5.41) is 9.17. The number of aliphatic carboxylic acids is 1. The van der Waals surface area contributed by atoms with E-state index >= 15 is 0 Å². The Morgan fingerprint density at radius 2 is 2.00 bits per heavy atom. The van der Waals surface area contributed by atoms with Crippen LogP contribution in [0.2, 0.25) is 0 Å².